The Morgan fingerprint density at radius 1 is 1.02 bits per heavy atom. The van der Waals surface area contributed by atoms with Crippen LogP contribution in [0.25, 0.3) is 28.1 Å². The summed E-state index contributed by atoms with van der Waals surface area (Å²) in [6.45, 7) is 2.72. The highest BCUT2D eigenvalue weighted by atomic mass is 19.1. The Kier molecular flexibility index (Phi) is 7.42. The van der Waals surface area contributed by atoms with Gasteiger partial charge in [-0.15, -0.1) is 0 Å². The third kappa shape index (κ3) is 5.48. The molecule has 44 heavy (non-hydrogen) atoms. The molecule has 1 aliphatic rings. The lowest BCUT2D eigenvalue weighted by Gasteiger charge is -2.23. The molecule has 3 N–H and O–H groups in total. The fourth-order valence-electron chi connectivity index (χ4n) is 5.33. The van der Waals surface area contributed by atoms with Gasteiger partial charge in [0, 0.05) is 35.9 Å². The number of aliphatic hydroxyl groups excluding tert-OH is 1. The number of rotatable bonds is 8. The van der Waals surface area contributed by atoms with E-state index in [-0.39, 0.29) is 12.0 Å². The second-order valence-corrected chi connectivity index (χ2v) is 10.6. The van der Waals surface area contributed by atoms with Crippen molar-refractivity contribution in [3.63, 3.8) is 0 Å². The standard InChI is InChI=1S/C32H30FN9O2/c1-20-7-10-22(38-32(43)25-13-15-42(40-25)23-11-8-21(33)9-12-23)17-26(20)39-30-24(5-4-14-34-30)28-29-31(36-18-35-28)41(19-37-29)27-6-2-3-16-44-27/h4-5,7-15,17-19,27,32,38,43H,2-3,6,16H2,1H3,(H,34,39). The zero-order chi connectivity index (χ0) is 30.0. The number of ether oxygens (including phenoxy) is 1. The van der Waals surface area contributed by atoms with Crippen LogP contribution in [0.4, 0.5) is 21.6 Å². The first kappa shape index (κ1) is 27.6. The van der Waals surface area contributed by atoms with Crippen molar-refractivity contribution in [2.45, 2.75) is 38.6 Å². The molecule has 1 aliphatic heterocycles. The molecule has 0 saturated carbocycles. The molecule has 2 atom stereocenters. The van der Waals surface area contributed by atoms with Crippen LogP contribution in [0.2, 0.25) is 0 Å². The Labute approximate surface area is 252 Å². The fourth-order valence-corrected chi connectivity index (χ4v) is 5.33. The minimum absolute atomic E-state index is 0.0899. The van der Waals surface area contributed by atoms with E-state index in [1.165, 1.54) is 12.1 Å². The molecule has 2 unspecified atom stereocenters. The third-order valence-corrected chi connectivity index (χ3v) is 7.66. The van der Waals surface area contributed by atoms with E-state index in [0.717, 1.165) is 48.3 Å². The van der Waals surface area contributed by atoms with Crippen molar-refractivity contribution in [3.05, 3.63) is 103 Å². The second-order valence-electron chi connectivity index (χ2n) is 10.6. The molecule has 11 nitrogen and oxygen atoms in total. The highest BCUT2D eigenvalue weighted by Crippen LogP contribution is 2.34. The van der Waals surface area contributed by atoms with Crippen LogP contribution in [0.1, 0.15) is 43.0 Å². The molecule has 0 amide bonds. The summed E-state index contributed by atoms with van der Waals surface area (Å²) in [6, 6.07) is 17.2. The summed E-state index contributed by atoms with van der Waals surface area (Å²) >= 11 is 0. The van der Waals surface area contributed by atoms with E-state index in [9.17, 15) is 9.50 Å². The van der Waals surface area contributed by atoms with Gasteiger partial charge < -0.3 is 20.5 Å². The van der Waals surface area contributed by atoms with Crippen molar-refractivity contribution < 1.29 is 14.2 Å². The molecular weight excluding hydrogens is 561 g/mol. The minimum Gasteiger partial charge on any atom is -0.368 e. The van der Waals surface area contributed by atoms with Crippen LogP contribution >= 0.6 is 0 Å². The first-order valence-electron chi connectivity index (χ1n) is 14.4. The van der Waals surface area contributed by atoms with Gasteiger partial charge >= 0.3 is 0 Å². The van der Waals surface area contributed by atoms with Crippen LogP contribution in [0.5, 0.6) is 0 Å². The number of aryl methyl sites for hydroxylation is 1. The van der Waals surface area contributed by atoms with Gasteiger partial charge in [0.25, 0.3) is 0 Å². The maximum Gasteiger partial charge on any atom is 0.169 e. The molecule has 1 saturated heterocycles. The predicted octanol–water partition coefficient (Wildman–Crippen LogP) is 6.07. The Morgan fingerprint density at radius 2 is 1.91 bits per heavy atom. The maximum atomic E-state index is 13.3. The monoisotopic (exact) mass is 591 g/mol. The Morgan fingerprint density at radius 3 is 2.75 bits per heavy atom. The molecule has 6 aromatic rings. The van der Waals surface area contributed by atoms with Crippen LogP contribution < -0.4 is 10.6 Å². The molecule has 2 aromatic carbocycles. The second kappa shape index (κ2) is 11.8. The first-order valence-corrected chi connectivity index (χ1v) is 14.4. The zero-order valence-corrected chi connectivity index (χ0v) is 23.9. The molecule has 0 radical (unpaired) electrons. The number of aliphatic hydroxyl groups is 1. The number of aromatic nitrogens is 7. The zero-order valence-electron chi connectivity index (χ0n) is 23.9. The van der Waals surface area contributed by atoms with Crippen molar-refractivity contribution in [3.8, 4) is 16.9 Å². The largest absolute Gasteiger partial charge is 0.368 e. The lowest BCUT2D eigenvalue weighted by Crippen LogP contribution is -2.17. The lowest BCUT2D eigenvalue weighted by molar-refractivity contribution is -0.0298. The molecule has 0 spiro atoms. The predicted molar refractivity (Wildman–Crippen MR) is 164 cm³/mol. The number of nitrogens with one attached hydrogen (secondary N) is 2. The van der Waals surface area contributed by atoms with E-state index in [1.807, 2.05) is 41.8 Å². The van der Waals surface area contributed by atoms with Crippen molar-refractivity contribution in [2.24, 2.45) is 0 Å². The molecule has 4 aromatic heterocycles. The summed E-state index contributed by atoms with van der Waals surface area (Å²) in [6.07, 6.45) is 8.67. The topological polar surface area (TPSA) is 128 Å². The van der Waals surface area contributed by atoms with Gasteiger partial charge in [0.05, 0.1) is 12.0 Å². The van der Waals surface area contributed by atoms with E-state index in [0.29, 0.717) is 34.1 Å². The number of hydrogen-bond acceptors (Lipinski definition) is 9. The lowest BCUT2D eigenvalue weighted by atomic mass is 10.1. The fraction of sp³-hybridized carbons (Fsp3) is 0.219. The highest BCUT2D eigenvalue weighted by Gasteiger charge is 2.22. The van der Waals surface area contributed by atoms with E-state index in [2.05, 4.69) is 35.7 Å². The minimum atomic E-state index is -1.07. The van der Waals surface area contributed by atoms with Gasteiger partial charge in [-0.2, -0.15) is 5.10 Å². The van der Waals surface area contributed by atoms with Gasteiger partial charge in [0.2, 0.25) is 0 Å². The van der Waals surface area contributed by atoms with Crippen molar-refractivity contribution in [2.75, 3.05) is 17.2 Å². The van der Waals surface area contributed by atoms with Crippen LogP contribution in [-0.2, 0) is 4.74 Å². The number of fused-ring (bicyclic) bond motifs is 1. The Balaban J connectivity index is 1.13. The van der Waals surface area contributed by atoms with E-state index in [4.69, 9.17) is 4.74 Å². The van der Waals surface area contributed by atoms with Gasteiger partial charge in [0.15, 0.2) is 11.9 Å². The molecule has 0 aliphatic carbocycles. The SMILES string of the molecule is Cc1ccc(NC(O)c2ccn(-c3ccc(F)cc3)n2)cc1Nc1ncccc1-c1ncnc2c1ncn2C1CCCCO1. The Bertz CT molecular complexity index is 1920. The summed E-state index contributed by atoms with van der Waals surface area (Å²) in [5, 5.41) is 21.9. The number of halogens is 1. The van der Waals surface area contributed by atoms with Gasteiger partial charge in [-0.3, -0.25) is 4.57 Å². The first-order chi connectivity index (χ1) is 21.5. The molecule has 5 heterocycles. The van der Waals surface area contributed by atoms with Crippen LogP contribution in [-0.4, -0.2) is 46.0 Å². The van der Waals surface area contributed by atoms with Crippen LogP contribution in [0.3, 0.4) is 0 Å². The molecule has 1 fully saturated rings. The normalized spacial score (nSPS) is 15.8. The van der Waals surface area contributed by atoms with E-state index in [1.54, 1.807) is 47.9 Å². The van der Waals surface area contributed by atoms with Gasteiger partial charge in [-0.25, -0.2) is 29.0 Å². The molecule has 12 heteroatoms. The van der Waals surface area contributed by atoms with Crippen molar-refractivity contribution in [1.82, 2.24) is 34.3 Å². The maximum absolute atomic E-state index is 13.3. The van der Waals surface area contributed by atoms with Crippen molar-refractivity contribution >= 4 is 28.4 Å². The summed E-state index contributed by atoms with van der Waals surface area (Å²) in [4.78, 5) is 18.4. The number of imidazole rings is 1. The number of pyridine rings is 1. The molecule has 7 rings (SSSR count). The average molecular weight is 592 g/mol. The number of anilines is 3. The van der Waals surface area contributed by atoms with Crippen LogP contribution in [0.15, 0.2) is 85.7 Å². The molecular formula is C32H30FN9O2. The highest BCUT2D eigenvalue weighted by molar-refractivity contribution is 5.91. The summed E-state index contributed by atoms with van der Waals surface area (Å²) in [5.74, 6) is 0.283. The summed E-state index contributed by atoms with van der Waals surface area (Å²) in [5.41, 5.74) is 6.39. The number of nitrogens with zero attached hydrogens (tertiary/aromatic N) is 7. The Hall–Kier alpha value is -5.20. The van der Waals surface area contributed by atoms with Crippen LogP contribution in [0, 0.1) is 12.7 Å². The van der Waals surface area contributed by atoms with Gasteiger partial charge in [0.1, 0.15) is 41.1 Å². The quantitative estimate of drug-likeness (QED) is 0.181. The van der Waals surface area contributed by atoms with Gasteiger partial charge in [-0.1, -0.05) is 6.07 Å². The number of benzene rings is 2. The molecule has 0 bridgehead atoms. The summed E-state index contributed by atoms with van der Waals surface area (Å²) in [7, 11) is 0. The smallest absolute Gasteiger partial charge is 0.169 e. The number of hydrogen-bond donors (Lipinski definition) is 3. The van der Waals surface area contributed by atoms with E-state index >= 15 is 0 Å². The van der Waals surface area contributed by atoms with E-state index < -0.39 is 6.23 Å². The van der Waals surface area contributed by atoms with Crippen molar-refractivity contribution in [1.29, 1.82) is 0 Å². The third-order valence-electron chi connectivity index (χ3n) is 7.66. The summed E-state index contributed by atoms with van der Waals surface area (Å²) < 4.78 is 22.9. The van der Waals surface area contributed by atoms with Gasteiger partial charge in [-0.05, 0) is 86.3 Å². The molecule has 222 valence electrons. The average Bonchev–Trinajstić information content (AvgIpc) is 3.72.